The molecule has 1 saturated carbocycles. The second-order valence-corrected chi connectivity index (χ2v) is 8.07. The molecule has 1 aromatic carbocycles. The number of rotatable bonds is 6. The van der Waals surface area contributed by atoms with Gasteiger partial charge in [-0.05, 0) is 44.7 Å². The van der Waals surface area contributed by atoms with E-state index >= 15 is 0 Å². The average molecular weight is 349 g/mol. The molecule has 1 aliphatic rings. The number of hydrogen-bond donors (Lipinski definition) is 2. The lowest BCUT2D eigenvalue weighted by Gasteiger charge is -2.30. The molecule has 132 valence electrons. The molecule has 3 atom stereocenters. The molecule has 0 saturated heterocycles. The summed E-state index contributed by atoms with van der Waals surface area (Å²) in [5.41, 5.74) is 1.95. The molecule has 1 aromatic rings. The highest BCUT2D eigenvalue weighted by Crippen LogP contribution is 2.24. The van der Waals surface area contributed by atoms with Gasteiger partial charge in [0.05, 0.1) is 11.0 Å². The third-order valence-electron chi connectivity index (χ3n) is 4.61. The highest BCUT2D eigenvalue weighted by atomic mass is 32.2. The number of aryl methyl sites for hydroxylation is 1. The van der Waals surface area contributed by atoms with Crippen molar-refractivity contribution in [3.05, 3.63) is 29.8 Å². The summed E-state index contributed by atoms with van der Waals surface area (Å²) in [6.07, 6.45) is 4.70. The zero-order chi connectivity index (χ0) is 17.5. The Hall–Kier alpha value is -1.49. The van der Waals surface area contributed by atoms with Gasteiger partial charge in [-0.25, -0.2) is 0 Å². The highest BCUT2D eigenvalue weighted by Gasteiger charge is 2.25. The fourth-order valence-corrected chi connectivity index (χ4v) is 3.63. The number of hydrogen-bond acceptors (Lipinski definition) is 3. The van der Waals surface area contributed by atoms with E-state index in [4.69, 9.17) is 0 Å². The van der Waals surface area contributed by atoms with Crippen molar-refractivity contribution in [1.29, 1.82) is 0 Å². The van der Waals surface area contributed by atoms with Crippen molar-refractivity contribution in [2.45, 2.75) is 57.7 Å². The van der Waals surface area contributed by atoms with Crippen LogP contribution < -0.4 is 10.6 Å². The van der Waals surface area contributed by atoms with E-state index < -0.39 is 0 Å². The van der Waals surface area contributed by atoms with Crippen LogP contribution in [-0.4, -0.2) is 28.9 Å². The predicted molar refractivity (Wildman–Crippen MR) is 101 cm³/mol. The van der Waals surface area contributed by atoms with Crippen LogP contribution in [0.15, 0.2) is 24.3 Å². The molecular formula is C19H28N2O2S. The minimum atomic E-state index is -0.220. The quantitative estimate of drug-likeness (QED) is 0.823. The van der Waals surface area contributed by atoms with Crippen LogP contribution in [0.1, 0.15) is 45.1 Å². The van der Waals surface area contributed by atoms with Crippen LogP contribution in [0, 0.1) is 12.8 Å². The Morgan fingerprint density at radius 2 is 1.88 bits per heavy atom. The molecule has 4 nitrogen and oxygen atoms in total. The maximum Gasteiger partial charge on any atom is 0.234 e. The lowest BCUT2D eigenvalue weighted by Crippen LogP contribution is -2.44. The van der Waals surface area contributed by atoms with Crippen LogP contribution in [0.2, 0.25) is 0 Å². The Balaban J connectivity index is 1.73. The number of nitrogens with one attached hydrogen (secondary N) is 2. The molecule has 5 heteroatoms. The summed E-state index contributed by atoms with van der Waals surface area (Å²) >= 11 is 1.38. The number of carbonyl (C=O) groups excluding carboxylic acids is 2. The number of carbonyl (C=O) groups is 2. The largest absolute Gasteiger partial charge is 0.352 e. The molecule has 24 heavy (non-hydrogen) atoms. The van der Waals surface area contributed by atoms with Crippen molar-refractivity contribution in [2.24, 2.45) is 5.92 Å². The fraction of sp³-hybridized carbons (Fsp3) is 0.579. The lowest BCUT2D eigenvalue weighted by atomic mass is 9.86. The standard InChI is InChI=1S/C19H28N2O2S/c1-13-8-10-16(11-9-13)20-18(22)12-24-15(3)19(23)21-17-7-5-4-6-14(17)2/h8-11,14-15,17H,4-7,12H2,1-3H3,(H,20,22)(H,21,23). The van der Waals surface area contributed by atoms with Crippen LogP contribution in [-0.2, 0) is 9.59 Å². The van der Waals surface area contributed by atoms with Crippen LogP contribution >= 0.6 is 11.8 Å². The van der Waals surface area contributed by atoms with Crippen LogP contribution in [0.25, 0.3) is 0 Å². The van der Waals surface area contributed by atoms with Gasteiger partial charge in [0.1, 0.15) is 0 Å². The first kappa shape index (κ1) is 18.8. The molecule has 0 heterocycles. The molecule has 2 amide bonds. The number of anilines is 1. The molecule has 0 aromatic heterocycles. The van der Waals surface area contributed by atoms with Gasteiger partial charge in [0.15, 0.2) is 0 Å². The SMILES string of the molecule is Cc1ccc(NC(=O)CSC(C)C(=O)NC2CCCCC2C)cc1. The van der Waals surface area contributed by atoms with E-state index in [-0.39, 0.29) is 28.9 Å². The zero-order valence-corrected chi connectivity index (χ0v) is 15.6. The van der Waals surface area contributed by atoms with E-state index in [1.165, 1.54) is 31.0 Å². The molecule has 1 aliphatic carbocycles. The van der Waals surface area contributed by atoms with Gasteiger partial charge in [0, 0.05) is 11.7 Å². The summed E-state index contributed by atoms with van der Waals surface area (Å²) < 4.78 is 0. The number of benzene rings is 1. The maximum atomic E-state index is 12.3. The van der Waals surface area contributed by atoms with E-state index in [2.05, 4.69) is 17.6 Å². The van der Waals surface area contributed by atoms with Gasteiger partial charge in [0.2, 0.25) is 11.8 Å². The minimum Gasteiger partial charge on any atom is -0.352 e. The topological polar surface area (TPSA) is 58.2 Å². The van der Waals surface area contributed by atoms with E-state index in [1.807, 2.05) is 38.1 Å². The third-order valence-corrected chi connectivity index (χ3v) is 5.75. The first-order valence-corrected chi connectivity index (χ1v) is 9.79. The van der Waals surface area contributed by atoms with Crippen LogP contribution in [0.3, 0.4) is 0 Å². The Morgan fingerprint density at radius 3 is 2.54 bits per heavy atom. The highest BCUT2D eigenvalue weighted by molar-refractivity contribution is 8.01. The monoisotopic (exact) mass is 348 g/mol. The van der Waals surface area contributed by atoms with Gasteiger partial charge in [-0.3, -0.25) is 9.59 Å². The molecule has 1 fully saturated rings. The van der Waals surface area contributed by atoms with Crippen molar-refractivity contribution in [3.63, 3.8) is 0 Å². The summed E-state index contributed by atoms with van der Waals surface area (Å²) in [7, 11) is 0. The van der Waals surface area contributed by atoms with Gasteiger partial charge in [-0.1, -0.05) is 37.5 Å². The fourth-order valence-electron chi connectivity index (χ4n) is 2.94. The average Bonchev–Trinajstić information content (AvgIpc) is 2.56. The summed E-state index contributed by atoms with van der Waals surface area (Å²) in [6.45, 7) is 6.08. The lowest BCUT2D eigenvalue weighted by molar-refractivity contribution is -0.121. The van der Waals surface area contributed by atoms with E-state index in [9.17, 15) is 9.59 Å². The Bertz CT molecular complexity index is 559. The molecule has 2 rings (SSSR count). The van der Waals surface area contributed by atoms with E-state index in [0.717, 1.165) is 17.7 Å². The molecule has 0 aliphatic heterocycles. The normalized spacial score (nSPS) is 21.8. The summed E-state index contributed by atoms with van der Waals surface area (Å²) in [4.78, 5) is 24.3. The van der Waals surface area contributed by atoms with Crippen molar-refractivity contribution >= 4 is 29.3 Å². The van der Waals surface area contributed by atoms with Gasteiger partial charge >= 0.3 is 0 Å². The van der Waals surface area contributed by atoms with Crippen molar-refractivity contribution in [3.8, 4) is 0 Å². The number of thioether (sulfide) groups is 1. The first-order valence-electron chi connectivity index (χ1n) is 8.74. The smallest absolute Gasteiger partial charge is 0.234 e. The molecule has 0 bridgehead atoms. The summed E-state index contributed by atoms with van der Waals surface area (Å²) in [6, 6.07) is 7.99. The minimum absolute atomic E-state index is 0.0434. The van der Waals surface area contributed by atoms with E-state index in [1.54, 1.807) is 0 Å². The number of amides is 2. The molecule has 3 unspecified atom stereocenters. The van der Waals surface area contributed by atoms with Crippen molar-refractivity contribution < 1.29 is 9.59 Å². The van der Waals surface area contributed by atoms with Crippen LogP contribution in [0.5, 0.6) is 0 Å². The molecular weight excluding hydrogens is 320 g/mol. The van der Waals surface area contributed by atoms with Gasteiger partial charge in [-0.2, -0.15) is 0 Å². The van der Waals surface area contributed by atoms with Crippen molar-refractivity contribution in [2.75, 3.05) is 11.1 Å². The van der Waals surface area contributed by atoms with E-state index in [0.29, 0.717) is 5.92 Å². The molecule has 0 spiro atoms. The van der Waals surface area contributed by atoms with Crippen molar-refractivity contribution in [1.82, 2.24) is 5.32 Å². The van der Waals surface area contributed by atoms with Gasteiger partial charge in [0.25, 0.3) is 0 Å². The second kappa shape index (κ2) is 9.11. The Morgan fingerprint density at radius 1 is 1.21 bits per heavy atom. The van der Waals surface area contributed by atoms with Gasteiger partial charge in [-0.15, -0.1) is 11.8 Å². The third kappa shape index (κ3) is 5.86. The molecule has 2 N–H and O–H groups in total. The van der Waals surface area contributed by atoms with Crippen LogP contribution in [0.4, 0.5) is 5.69 Å². The molecule has 0 radical (unpaired) electrons. The Labute approximate surface area is 149 Å². The summed E-state index contributed by atoms with van der Waals surface area (Å²) in [5.74, 6) is 0.795. The second-order valence-electron chi connectivity index (χ2n) is 6.74. The summed E-state index contributed by atoms with van der Waals surface area (Å²) in [5, 5.41) is 5.80. The Kier molecular flexibility index (Phi) is 7.16. The predicted octanol–water partition coefficient (Wildman–Crippen LogP) is 3.75. The first-order chi connectivity index (χ1) is 11.5. The zero-order valence-electron chi connectivity index (χ0n) is 14.8. The maximum absolute atomic E-state index is 12.3. The van der Waals surface area contributed by atoms with Gasteiger partial charge < -0.3 is 10.6 Å².